The number of nitrogens with zero attached hydrogens (tertiary/aromatic N) is 2. The fraction of sp³-hybridized carbons (Fsp3) is 0.632. The number of anilines is 1. The van der Waals surface area contributed by atoms with Gasteiger partial charge in [-0.2, -0.15) is 0 Å². The third-order valence-corrected chi connectivity index (χ3v) is 6.14. The van der Waals surface area contributed by atoms with Crippen molar-refractivity contribution in [3.63, 3.8) is 0 Å². The number of hydrogen-bond acceptors (Lipinski definition) is 3. The standard InChI is InChI=1S/C19H32N4OS.HI/c1-5-20-18(21-12-14-25(24)19(2,3)4)22-16-11-13-23(15-16)17-9-7-6-8-10-17;/h6-10,16H,5,11-15H2,1-4H3,(H2,20,21,22);1H. The van der Waals surface area contributed by atoms with E-state index in [1.54, 1.807) is 0 Å². The lowest BCUT2D eigenvalue weighted by Gasteiger charge is -2.20. The molecular formula is C19H33IN4OS. The van der Waals surface area contributed by atoms with E-state index >= 15 is 0 Å². The Morgan fingerprint density at radius 3 is 2.62 bits per heavy atom. The van der Waals surface area contributed by atoms with Crippen molar-refractivity contribution >= 4 is 46.4 Å². The largest absolute Gasteiger partial charge is 0.369 e. The Labute approximate surface area is 177 Å². The van der Waals surface area contributed by atoms with Crippen LogP contribution in [0.4, 0.5) is 5.69 Å². The van der Waals surface area contributed by atoms with Crippen molar-refractivity contribution in [2.45, 2.75) is 44.9 Å². The van der Waals surface area contributed by atoms with Crippen molar-refractivity contribution in [1.82, 2.24) is 10.6 Å². The Morgan fingerprint density at radius 1 is 1.31 bits per heavy atom. The lowest BCUT2D eigenvalue weighted by atomic mass is 10.3. The number of halogens is 1. The highest BCUT2D eigenvalue weighted by atomic mass is 127. The molecule has 26 heavy (non-hydrogen) atoms. The first kappa shape index (κ1) is 23.2. The smallest absolute Gasteiger partial charge is 0.191 e. The van der Waals surface area contributed by atoms with Gasteiger partial charge in [0, 0.05) is 52.7 Å². The minimum atomic E-state index is -0.863. The fourth-order valence-corrected chi connectivity index (χ4v) is 3.68. The summed E-state index contributed by atoms with van der Waals surface area (Å²) in [5.41, 5.74) is 1.27. The van der Waals surface area contributed by atoms with Crippen molar-refractivity contribution in [2.24, 2.45) is 4.99 Å². The van der Waals surface area contributed by atoms with Crippen LogP contribution in [0.15, 0.2) is 35.3 Å². The van der Waals surface area contributed by atoms with Gasteiger partial charge in [0.05, 0.1) is 6.54 Å². The number of nitrogens with one attached hydrogen (secondary N) is 2. The van der Waals surface area contributed by atoms with Crippen molar-refractivity contribution in [1.29, 1.82) is 0 Å². The zero-order valence-corrected chi connectivity index (χ0v) is 19.5. The molecule has 1 aliphatic rings. The second kappa shape index (κ2) is 11.1. The molecule has 2 rings (SSSR count). The quantitative estimate of drug-likeness (QED) is 0.364. The van der Waals surface area contributed by atoms with E-state index in [0.717, 1.165) is 32.0 Å². The summed E-state index contributed by atoms with van der Waals surface area (Å²) in [5, 5.41) is 6.83. The van der Waals surface area contributed by atoms with Crippen LogP contribution >= 0.6 is 24.0 Å². The van der Waals surface area contributed by atoms with Crippen LogP contribution < -0.4 is 15.5 Å². The minimum absolute atomic E-state index is 0. The van der Waals surface area contributed by atoms with Crippen LogP contribution in [0.2, 0.25) is 0 Å². The third kappa shape index (κ3) is 7.42. The normalized spacial score (nSPS) is 19.0. The van der Waals surface area contributed by atoms with E-state index in [9.17, 15) is 4.21 Å². The highest BCUT2D eigenvalue weighted by molar-refractivity contribution is 14.0. The predicted octanol–water partition coefficient (Wildman–Crippen LogP) is 2.99. The Balaban J connectivity index is 0.00000338. The molecule has 0 aliphatic carbocycles. The molecule has 1 aliphatic heterocycles. The lowest BCUT2D eigenvalue weighted by Crippen LogP contribution is -2.44. The van der Waals surface area contributed by atoms with E-state index in [4.69, 9.17) is 0 Å². The number of aliphatic imine (C=N–C) groups is 1. The second-order valence-corrected chi connectivity index (χ2v) is 9.66. The van der Waals surface area contributed by atoms with Gasteiger partial charge in [-0.25, -0.2) is 0 Å². The molecule has 148 valence electrons. The van der Waals surface area contributed by atoms with E-state index in [-0.39, 0.29) is 28.7 Å². The Morgan fingerprint density at radius 2 is 2.00 bits per heavy atom. The first-order valence-electron chi connectivity index (χ1n) is 9.13. The molecule has 0 saturated carbocycles. The molecule has 7 heteroatoms. The topological polar surface area (TPSA) is 56.7 Å². The fourth-order valence-electron chi connectivity index (χ4n) is 2.81. The van der Waals surface area contributed by atoms with E-state index in [1.807, 2.05) is 26.8 Å². The van der Waals surface area contributed by atoms with Crippen LogP contribution in [-0.4, -0.2) is 52.9 Å². The molecule has 2 unspecified atom stereocenters. The zero-order chi connectivity index (χ0) is 18.3. The Kier molecular flexibility index (Phi) is 9.92. The van der Waals surface area contributed by atoms with Gasteiger partial charge in [0.25, 0.3) is 0 Å². The maximum Gasteiger partial charge on any atom is 0.191 e. The number of hydrogen-bond donors (Lipinski definition) is 2. The molecule has 1 saturated heterocycles. The number of para-hydroxylation sites is 1. The van der Waals surface area contributed by atoms with E-state index < -0.39 is 10.8 Å². The highest BCUT2D eigenvalue weighted by Crippen LogP contribution is 2.19. The molecule has 0 bridgehead atoms. The maximum atomic E-state index is 12.1. The predicted molar refractivity (Wildman–Crippen MR) is 124 cm³/mol. The molecule has 0 aromatic heterocycles. The summed E-state index contributed by atoms with van der Waals surface area (Å²) < 4.78 is 12.0. The van der Waals surface area contributed by atoms with Gasteiger partial charge in [-0.15, -0.1) is 24.0 Å². The summed E-state index contributed by atoms with van der Waals surface area (Å²) in [6, 6.07) is 10.9. The molecule has 5 nitrogen and oxygen atoms in total. The van der Waals surface area contributed by atoms with Crippen LogP contribution in [-0.2, 0) is 10.8 Å². The molecule has 0 radical (unpaired) electrons. The SMILES string of the molecule is CCNC(=NCCS(=O)C(C)(C)C)NC1CCN(c2ccccc2)C1.I. The first-order valence-corrected chi connectivity index (χ1v) is 10.5. The molecule has 1 fully saturated rings. The average molecular weight is 492 g/mol. The molecule has 2 atom stereocenters. The van der Waals surface area contributed by atoms with Gasteiger partial charge >= 0.3 is 0 Å². The van der Waals surface area contributed by atoms with Crippen LogP contribution in [0.3, 0.4) is 0 Å². The molecule has 1 heterocycles. The molecular weight excluding hydrogens is 459 g/mol. The highest BCUT2D eigenvalue weighted by Gasteiger charge is 2.23. The van der Waals surface area contributed by atoms with E-state index in [0.29, 0.717) is 18.3 Å². The molecule has 0 spiro atoms. The van der Waals surface area contributed by atoms with Gasteiger partial charge in [0.1, 0.15) is 0 Å². The van der Waals surface area contributed by atoms with Gasteiger partial charge in [0.2, 0.25) is 0 Å². The third-order valence-electron chi connectivity index (χ3n) is 4.22. The minimum Gasteiger partial charge on any atom is -0.369 e. The number of rotatable bonds is 6. The second-order valence-electron chi connectivity index (χ2n) is 7.33. The molecule has 0 amide bonds. The van der Waals surface area contributed by atoms with Crippen LogP contribution in [0.1, 0.15) is 34.1 Å². The summed E-state index contributed by atoms with van der Waals surface area (Å²) >= 11 is 0. The van der Waals surface area contributed by atoms with Crippen LogP contribution in [0, 0.1) is 0 Å². The van der Waals surface area contributed by atoms with Crippen molar-refractivity contribution in [3.8, 4) is 0 Å². The molecule has 1 aromatic rings. The van der Waals surface area contributed by atoms with Gasteiger partial charge in [-0.05, 0) is 46.2 Å². The molecule has 2 N–H and O–H groups in total. The first-order chi connectivity index (χ1) is 11.9. The van der Waals surface area contributed by atoms with Gasteiger partial charge in [-0.3, -0.25) is 9.20 Å². The summed E-state index contributed by atoms with van der Waals surface area (Å²) in [6.07, 6.45) is 1.09. The average Bonchev–Trinajstić information content (AvgIpc) is 3.03. The van der Waals surface area contributed by atoms with Crippen LogP contribution in [0.5, 0.6) is 0 Å². The van der Waals surface area contributed by atoms with Crippen LogP contribution in [0.25, 0.3) is 0 Å². The van der Waals surface area contributed by atoms with E-state index in [2.05, 4.69) is 51.7 Å². The van der Waals surface area contributed by atoms with Crippen molar-refractivity contribution in [3.05, 3.63) is 30.3 Å². The van der Waals surface area contributed by atoms with Gasteiger partial charge in [0.15, 0.2) is 5.96 Å². The Hall–Kier alpha value is -0.830. The zero-order valence-electron chi connectivity index (χ0n) is 16.3. The van der Waals surface area contributed by atoms with E-state index in [1.165, 1.54) is 5.69 Å². The monoisotopic (exact) mass is 492 g/mol. The Bertz CT molecular complexity index is 589. The maximum absolute atomic E-state index is 12.1. The summed E-state index contributed by atoms with van der Waals surface area (Å²) in [6.45, 7) is 11.5. The molecule has 1 aromatic carbocycles. The van der Waals surface area contributed by atoms with Gasteiger partial charge in [-0.1, -0.05) is 18.2 Å². The summed E-state index contributed by atoms with van der Waals surface area (Å²) in [5.74, 6) is 1.43. The number of benzene rings is 1. The summed E-state index contributed by atoms with van der Waals surface area (Å²) in [4.78, 5) is 7.01. The lowest BCUT2D eigenvalue weighted by molar-refractivity contribution is 0.644. The number of guanidine groups is 1. The summed E-state index contributed by atoms with van der Waals surface area (Å²) in [7, 11) is -0.863. The van der Waals surface area contributed by atoms with Crippen molar-refractivity contribution in [2.75, 3.05) is 36.8 Å². The van der Waals surface area contributed by atoms with Crippen molar-refractivity contribution < 1.29 is 4.21 Å². The van der Waals surface area contributed by atoms with Gasteiger partial charge < -0.3 is 15.5 Å².